The van der Waals surface area contributed by atoms with E-state index in [1.807, 2.05) is 17.9 Å². The van der Waals surface area contributed by atoms with Gasteiger partial charge in [0.05, 0.1) is 16.5 Å². The van der Waals surface area contributed by atoms with Crippen LogP contribution in [0.15, 0.2) is 64.0 Å². The zero-order valence-electron chi connectivity index (χ0n) is 20.8. The van der Waals surface area contributed by atoms with Gasteiger partial charge >= 0.3 is 11.2 Å². The van der Waals surface area contributed by atoms with E-state index in [4.69, 9.17) is 0 Å². The first kappa shape index (κ1) is 25.8. The largest absolute Gasteiger partial charge is 0.508 e. The molecule has 11 heteroatoms. The van der Waals surface area contributed by atoms with Crippen molar-refractivity contribution in [3.05, 3.63) is 102 Å². The number of hydrogen-bond acceptors (Lipinski definition) is 7. The molecule has 0 aliphatic carbocycles. The third-order valence-electron chi connectivity index (χ3n) is 7.02. The van der Waals surface area contributed by atoms with E-state index in [9.17, 15) is 20.0 Å². The molecule has 1 saturated heterocycles. The molecule has 5 rings (SSSR count). The van der Waals surface area contributed by atoms with Crippen molar-refractivity contribution >= 4 is 38.3 Å². The van der Waals surface area contributed by atoms with Crippen LogP contribution in [0.5, 0.6) is 5.75 Å². The Hall–Kier alpha value is -3.83. The summed E-state index contributed by atoms with van der Waals surface area (Å²) in [5.41, 5.74) is 1.56. The highest BCUT2D eigenvalue weighted by Gasteiger charge is 2.35. The van der Waals surface area contributed by atoms with Crippen LogP contribution in [0.25, 0.3) is 11.0 Å². The second-order valence-electron chi connectivity index (χ2n) is 9.33. The van der Waals surface area contributed by atoms with Crippen molar-refractivity contribution in [2.45, 2.75) is 13.0 Å². The Kier molecular flexibility index (Phi) is 6.89. The van der Waals surface area contributed by atoms with E-state index in [0.29, 0.717) is 52.9 Å². The summed E-state index contributed by atoms with van der Waals surface area (Å²) in [7, 11) is 1.49. The molecular formula is C27H25BrFN5O4. The molecule has 0 bridgehead atoms. The van der Waals surface area contributed by atoms with Gasteiger partial charge in [-0.25, -0.2) is 9.37 Å². The second kappa shape index (κ2) is 10.1. The highest BCUT2D eigenvalue weighted by Crippen LogP contribution is 2.38. The molecule has 1 aliphatic rings. The topological polar surface area (TPSA) is 105 Å². The number of benzene rings is 2. The van der Waals surface area contributed by atoms with Crippen LogP contribution in [-0.4, -0.2) is 50.7 Å². The van der Waals surface area contributed by atoms with Gasteiger partial charge < -0.3 is 14.6 Å². The quantitative estimate of drug-likeness (QED) is 0.207. The number of phenolic OH excluding ortho intramolecular Hbond substituents is 1. The van der Waals surface area contributed by atoms with Crippen molar-refractivity contribution in [3.8, 4) is 5.75 Å². The standard InChI is InChI=1S/C27H25BrFN5O4/c1-16-7-8-17(19(29)15-16)24(18-5-3-4-6-21(18)35)32-11-13-33(14-12-32)25-23-20(9-10-22(28)30-23)31(2)27(36)26(25)34(37)38/h3-10,15,24,35H,11-14H2,1-2H3. The molecule has 38 heavy (non-hydrogen) atoms. The van der Waals surface area contributed by atoms with Gasteiger partial charge in [0.1, 0.15) is 21.7 Å². The van der Waals surface area contributed by atoms with Crippen LogP contribution in [0.3, 0.4) is 0 Å². The normalized spacial score (nSPS) is 15.1. The number of anilines is 1. The van der Waals surface area contributed by atoms with Crippen LogP contribution in [0.4, 0.5) is 15.8 Å². The van der Waals surface area contributed by atoms with E-state index in [1.165, 1.54) is 17.7 Å². The Balaban J connectivity index is 1.56. The van der Waals surface area contributed by atoms with Crippen LogP contribution in [0.2, 0.25) is 0 Å². The van der Waals surface area contributed by atoms with Crippen molar-refractivity contribution in [1.82, 2.24) is 14.5 Å². The zero-order chi connectivity index (χ0) is 27.1. The number of hydrogen-bond donors (Lipinski definition) is 1. The van der Waals surface area contributed by atoms with Crippen molar-refractivity contribution in [2.75, 3.05) is 31.1 Å². The van der Waals surface area contributed by atoms with Gasteiger partial charge in [0.25, 0.3) is 0 Å². The molecule has 196 valence electrons. The van der Waals surface area contributed by atoms with Crippen LogP contribution in [-0.2, 0) is 7.05 Å². The van der Waals surface area contributed by atoms with E-state index in [2.05, 4.69) is 20.9 Å². The first-order valence-corrected chi connectivity index (χ1v) is 12.8. The van der Waals surface area contributed by atoms with Gasteiger partial charge in [0, 0.05) is 44.4 Å². The van der Waals surface area contributed by atoms with Gasteiger partial charge in [-0.15, -0.1) is 0 Å². The van der Waals surface area contributed by atoms with E-state index >= 15 is 4.39 Å². The molecule has 4 aromatic rings. The summed E-state index contributed by atoms with van der Waals surface area (Å²) in [6.07, 6.45) is 0. The lowest BCUT2D eigenvalue weighted by atomic mass is 9.94. The molecule has 0 spiro atoms. The van der Waals surface area contributed by atoms with Gasteiger partial charge in [-0.05, 0) is 52.7 Å². The molecule has 0 amide bonds. The van der Waals surface area contributed by atoms with Crippen LogP contribution < -0.4 is 10.5 Å². The molecule has 2 aromatic carbocycles. The maximum atomic E-state index is 15.2. The number of pyridine rings is 2. The second-order valence-corrected chi connectivity index (χ2v) is 10.1. The number of piperazine rings is 1. The fraction of sp³-hybridized carbons (Fsp3) is 0.259. The number of aryl methyl sites for hydroxylation is 2. The molecule has 1 atom stereocenters. The average molecular weight is 582 g/mol. The van der Waals surface area contributed by atoms with Crippen molar-refractivity contribution < 1.29 is 14.4 Å². The van der Waals surface area contributed by atoms with E-state index < -0.39 is 22.2 Å². The fourth-order valence-corrected chi connectivity index (χ4v) is 5.47. The third kappa shape index (κ3) is 4.52. The lowest BCUT2D eigenvalue weighted by molar-refractivity contribution is -0.385. The number of aromatic hydroxyl groups is 1. The van der Waals surface area contributed by atoms with Gasteiger partial charge in [-0.1, -0.05) is 30.3 Å². The predicted octanol–water partition coefficient (Wildman–Crippen LogP) is 4.67. The first-order valence-electron chi connectivity index (χ1n) is 12.0. The monoisotopic (exact) mass is 581 g/mol. The Morgan fingerprint density at radius 1 is 1.08 bits per heavy atom. The number of rotatable bonds is 5. The molecule has 0 radical (unpaired) electrons. The van der Waals surface area contributed by atoms with Gasteiger partial charge in [-0.3, -0.25) is 19.8 Å². The maximum Gasteiger partial charge on any atom is 0.359 e. The first-order chi connectivity index (χ1) is 18.2. The number of para-hydroxylation sites is 1. The van der Waals surface area contributed by atoms with Gasteiger partial charge in [-0.2, -0.15) is 0 Å². The molecule has 3 heterocycles. The maximum absolute atomic E-state index is 15.2. The summed E-state index contributed by atoms with van der Waals surface area (Å²) in [6.45, 7) is 3.26. The van der Waals surface area contributed by atoms with E-state index in [1.54, 1.807) is 47.4 Å². The average Bonchev–Trinajstić information content (AvgIpc) is 2.88. The number of halogens is 2. The molecular weight excluding hydrogens is 557 g/mol. The molecule has 0 saturated carbocycles. The number of nitrogens with zero attached hydrogens (tertiary/aromatic N) is 5. The summed E-state index contributed by atoms with van der Waals surface area (Å²) in [5.74, 6) is -0.315. The van der Waals surface area contributed by atoms with Gasteiger partial charge in [0.2, 0.25) is 0 Å². The number of fused-ring (bicyclic) bond motifs is 1. The highest BCUT2D eigenvalue weighted by atomic mass is 79.9. The zero-order valence-corrected chi connectivity index (χ0v) is 22.4. The van der Waals surface area contributed by atoms with Crippen LogP contribution >= 0.6 is 15.9 Å². The summed E-state index contributed by atoms with van der Waals surface area (Å²) < 4.78 is 16.9. The lowest BCUT2D eigenvalue weighted by Gasteiger charge is -2.40. The molecule has 1 fully saturated rings. The lowest BCUT2D eigenvalue weighted by Crippen LogP contribution is -2.48. The Bertz CT molecular complexity index is 1620. The van der Waals surface area contributed by atoms with E-state index in [-0.39, 0.29) is 17.3 Å². The van der Waals surface area contributed by atoms with Crippen LogP contribution in [0, 0.1) is 22.9 Å². The number of phenols is 1. The van der Waals surface area contributed by atoms with Crippen molar-refractivity contribution in [3.63, 3.8) is 0 Å². The van der Waals surface area contributed by atoms with Gasteiger partial charge in [0.15, 0.2) is 5.69 Å². The predicted molar refractivity (Wildman–Crippen MR) is 146 cm³/mol. The summed E-state index contributed by atoms with van der Waals surface area (Å²) in [6, 6.07) is 14.7. The van der Waals surface area contributed by atoms with Crippen molar-refractivity contribution in [2.24, 2.45) is 7.05 Å². The fourth-order valence-electron chi connectivity index (χ4n) is 5.16. The highest BCUT2D eigenvalue weighted by molar-refractivity contribution is 9.10. The Morgan fingerprint density at radius 2 is 1.79 bits per heavy atom. The molecule has 9 nitrogen and oxygen atoms in total. The van der Waals surface area contributed by atoms with Crippen molar-refractivity contribution in [1.29, 1.82) is 0 Å². The van der Waals surface area contributed by atoms with Crippen LogP contribution in [0.1, 0.15) is 22.7 Å². The number of nitro groups is 1. The third-order valence-corrected chi connectivity index (χ3v) is 7.46. The summed E-state index contributed by atoms with van der Waals surface area (Å²) in [4.78, 5) is 32.7. The molecule has 1 unspecified atom stereocenters. The minimum Gasteiger partial charge on any atom is -0.508 e. The molecule has 1 N–H and O–H groups in total. The SMILES string of the molecule is Cc1ccc(C(c2ccccc2O)N2CCN(c3c([N+](=O)[O-])c(=O)n(C)c4ccc(Br)nc34)CC2)c(F)c1. The summed E-state index contributed by atoms with van der Waals surface area (Å²) in [5, 5.41) is 22.7. The smallest absolute Gasteiger partial charge is 0.359 e. The Labute approximate surface area is 226 Å². The van der Waals surface area contributed by atoms with E-state index in [0.717, 1.165) is 5.56 Å². The molecule has 1 aliphatic heterocycles. The minimum absolute atomic E-state index is 0.0575. The minimum atomic E-state index is -0.710. The number of aromatic nitrogens is 2. The molecule has 2 aromatic heterocycles. The summed E-state index contributed by atoms with van der Waals surface area (Å²) >= 11 is 3.34. The Morgan fingerprint density at radius 3 is 2.45 bits per heavy atom.